The number of amides is 2. The third kappa shape index (κ3) is 3.88. The van der Waals surface area contributed by atoms with Crippen LogP contribution >= 0.6 is 0 Å². The van der Waals surface area contributed by atoms with Crippen LogP contribution in [0.1, 0.15) is 28.7 Å². The van der Waals surface area contributed by atoms with Gasteiger partial charge in [-0.3, -0.25) is 14.4 Å². The molecule has 0 aliphatic carbocycles. The zero-order chi connectivity index (χ0) is 18.0. The van der Waals surface area contributed by atoms with Gasteiger partial charge >= 0.3 is 0 Å². The van der Waals surface area contributed by atoms with E-state index in [2.05, 4.69) is 10.3 Å². The number of imidazole rings is 1. The second kappa shape index (κ2) is 7.06. The molecule has 2 amide bonds. The Balaban J connectivity index is 1.72. The van der Waals surface area contributed by atoms with Crippen molar-refractivity contribution in [1.82, 2.24) is 14.6 Å². The molecule has 1 aliphatic heterocycles. The number of aryl methyl sites for hydroxylation is 2. The zero-order valence-corrected chi connectivity index (χ0v) is 14.7. The molecule has 2 aromatic rings. The van der Waals surface area contributed by atoms with Crippen molar-refractivity contribution in [2.24, 2.45) is 5.92 Å². The smallest absolute Gasteiger partial charge is 0.277 e. The fraction of sp³-hybridized carbons (Fsp3) is 0.389. The molecule has 132 valence electrons. The van der Waals surface area contributed by atoms with E-state index in [0.717, 1.165) is 11.4 Å². The first-order valence-corrected chi connectivity index (χ1v) is 8.27. The van der Waals surface area contributed by atoms with Gasteiger partial charge in [0, 0.05) is 29.6 Å². The van der Waals surface area contributed by atoms with Crippen LogP contribution in [0.3, 0.4) is 0 Å². The number of hydrogen-bond donors (Lipinski definition) is 1. The molecule has 1 fully saturated rings. The van der Waals surface area contributed by atoms with E-state index in [0.29, 0.717) is 30.3 Å². The van der Waals surface area contributed by atoms with Gasteiger partial charge in [0.1, 0.15) is 12.4 Å². The van der Waals surface area contributed by atoms with Crippen molar-refractivity contribution >= 4 is 17.5 Å². The number of carbonyl (C=O) groups excluding carboxylic acids is 2. The molecule has 3 rings (SSSR count). The molecule has 7 heteroatoms. The van der Waals surface area contributed by atoms with Crippen LogP contribution in [0.5, 0.6) is 0 Å². The molecule has 1 atom stereocenters. The maximum atomic E-state index is 12.5. The van der Waals surface area contributed by atoms with Crippen molar-refractivity contribution in [2.45, 2.75) is 27.3 Å². The van der Waals surface area contributed by atoms with Gasteiger partial charge in [0.2, 0.25) is 5.91 Å². The molecule has 1 aromatic carbocycles. The van der Waals surface area contributed by atoms with E-state index in [1.165, 1.54) is 5.06 Å². The van der Waals surface area contributed by atoms with Crippen LogP contribution in [-0.4, -0.2) is 39.6 Å². The minimum absolute atomic E-state index is 0.167. The van der Waals surface area contributed by atoms with Crippen LogP contribution in [0.15, 0.2) is 30.6 Å². The molecule has 2 heterocycles. The molecule has 1 unspecified atom stereocenters. The average molecular weight is 342 g/mol. The lowest BCUT2D eigenvalue weighted by Gasteiger charge is -2.16. The van der Waals surface area contributed by atoms with Crippen LogP contribution in [0.25, 0.3) is 0 Å². The molecule has 7 nitrogen and oxygen atoms in total. The normalized spacial score (nSPS) is 16.9. The Bertz CT molecular complexity index is 799. The van der Waals surface area contributed by atoms with Gasteiger partial charge in [-0.25, -0.2) is 10.0 Å². The molecule has 1 aliphatic rings. The first kappa shape index (κ1) is 17.2. The molecule has 0 radical (unpaired) electrons. The van der Waals surface area contributed by atoms with E-state index in [4.69, 9.17) is 4.84 Å². The van der Waals surface area contributed by atoms with Crippen molar-refractivity contribution in [3.63, 3.8) is 0 Å². The summed E-state index contributed by atoms with van der Waals surface area (Å²) in [6, 6.07) is 5.27. The summed E-state index contributed by atoms with van der Waals surface area (Å²) in [4.78, 5) is 34.3. The van der Waals surface area contributed by atoms with Crippen molar-refractivity contribution in [2.75, 3.05) is 18.5 Å². The van der Waals surface area contributed by atoms with Crippen molar-refractivity contribution in [3.05, 3.63) is 47.5 Å². The van der Waals surface area contributed by atoms with Gasteiger partial charge < -0.3 is 9.88 Å². The van der Waals surface area contributed by atoms with Gasteiger partial charge in [-0.1, -0.05) is 13.0 Å². The predicted octanol–water partition coefficient (Wildman–Crippen LogP) is 2.16. The molecular weight excluding hydrogens is 320 g/mol. The Morgan fingerprint density at radius 3 is 2.80 bits per heavy atom. The van der Waals surface area contributed by atoms with Crippen LogP contribution < -0.4 is 5.32 Å². The van der Waals surface area contributed by atoms with Gasteiger partial charge in [0.05, 0.1) is 13.2 Å². The number of carbonyl (C=O) groups is 2. The third-order valence-corrected chi connectivity index (χ3v) is 4.22. The SMILES string of the molecule is Cc1ccc(C(=O)N2CC(C)CO2)cc1NC(=O)Cn1ccnc1C. The van der Waals surface area contributed by atoms with E-state index >= 15 is 0 Å². The number of nitrogens with zero attached hydrogens (tertiary/aromatic N) is 3. The van der Waals surface area contributed by atoms with Gasteiger partial charge in [-0.15, -0.1) is 0 Å². The maximum Gasteiger partial charge on any atom is 0.277 e. The Hall–Kier alpha value is -2.67. The van der Waals surface area contributed by atoms with E-state index in [1.54, 1.807) is 29.1 Å². The minimum atomic E-state index is -0.190. The molecule has 1 saturated heterocycles. The summed E-state index contributed by atoms with van der Waals surface area (Å²) in [6.45, 7) is 7.07. The van der Waals surface area contributed by atoms with E-state index in [9.17, 15) is 9.59 Å². The highest BCUT2D eigenvalue weighted by molar-refractivity contribution is 5.97. The van der Waals surface area contributed by atoms with Gasteiger partial charge in [-0.2, -0.15) is 0 Å². The summed E-state index contributed by atoms with van der Waals surface area (Å²) < 4.78 is 1.76. The molecule has 1 aromatic heterocycles. The van der Waals surface area contributed by atoms with Gasteiger partial charge in [0.25, 0.3) is 5.91 Å². The number of hydrogen-bond acceptors (Lipinski definition) is 4. The summed E-state index contributed by atoms with van der Waals surface area (Å²) in [5.41, 5.74) is 2.01. The van der Waals surface area contributed by atoms with E-state index in [-0.39, 0.29) is 18.4 Å². The van der Waals surface area contributed by atoms with Crippen LogP contribution in [-0.2, 0) is 16.2 Å². The zero-order valence-electron chi connectivity index (χ0n) is 14.7. The predicted molar refractivity (Wildman–Crippen MR) is 92.9 cm³/mol. The average Bonchev–Trinajstić information content (AvgIpc) is 3.18. The largest absolute Gasteiger partial charge is 0.326 e. The number of anilines is 1. The Labute approximate surface area is 146 Å². The number of nitrogens with one attached hydrogen (secondary N) is 1. The number of benzene rings is 1. The van der Waals surface area contributed by atoms with Crippen molar-refractivity contribution in [3.8, 4) is 0 Å². The summed E-state index contributed by atoms with van der Waals surface area (Å²) in [6.07, 6.45) is 3.41. The number of hydroxylamine groups is 2. The lowest BCUT2D eigenvalue weighted by Crippen LogP contribution is -2.27. The quantitative estimate of drug-likeness (QED) is 0.924. The Morgan fingerprint density at radius 2 is 2.16 bits per heavy atom. The van der Waals surface area contributed by atoms with Crippen LogP contribution in [0.2, 0.25) is 0 Å². The fourth-order valence-electron chi connectivity index (χ4n) is 2.70. The summed E-state index contributed by atoms with van der Waals surface area (Å²) in [5.74, 6) is 0.744. The minimum Gasteiger partial charge on any atom is -0.326 e. The van der Waals surface area contributed by atoms with E-state index in [1.807, 2.05) is 26.8 Å². The summed E-state index contributed by atoms with van der Waals surface area (Å²) in [5, 5.41) is 4.26. The maximum absolute atomic E-state index is 12.5. The second-order valence-electron chi connectivity index (χ2n) is 6.45. The fourth-order valence-corrected chi connectivity index (χ4v) is 2.70. The van der Waals surface area contributed by atoms with Gasteiger partial charge in [-0.05, 0) is 31.5 Å². The molecule has 1 N–H and O–H groups in total. The third-order valence-electron chi connectivity index (χ3n) is 4.22. The number of aromatic nitrogens is 2. The first-order valence-electron chi connectivity index (χ1n) is 8.27. The van der Waals surface area contributed by atoms with Crippen molar-refractivity contribution < 1.29 is 14.4 Å². The van der Waals surface area contributed by atoms with E-state index < -0.39 is 0 Å². The molecular formula is C18H22N4O3. The lowest BCUT2D eigenvalue weighted by atomic mass is 10.1. The summed E-state index contributed by atoms with van der Waals surface area (Å²) >= 11 is 0. The molecule has 0 spiro atoms. The highest BCUT2D eigenvalue weighted by atomic mass is 16.7. The van der Waals surface area contributed by atoms with Gasteiger partial charge in [0.15, 0.2) is 0 Å². The molecule has 0 bridgehead atoms. The Kier molecular flexibility index (Phi) is 4.85. The standard InChI is InChI=1S/C18H22N4O3/c1-12-9-22(25-11-12)18(24)15-5-4-13(2)16(8-15)20-17(23)10-21-7-6-19-14(21)3/h4-8,12H,9-11H2,1-3H3,(H,20,23). The monoisotopic (exact) mass is 342 g/mol. The van der Waals surface area contributed by atoms with Crippen molar-refractivity contribution in [1.29, 1.82) is 0 Å². The first-order chi connectivity index (χ1) is 11.9. The lowest BCUT2D eigenvalue weighted by molar-refractivity contribution is -0.116. The second-order valence-corrected chi connectivity index (χ2v) is 6.45. The van der Waals surface area contributed by atoms with Crippen LogP contribution in [0.4, 0.5) is 5.69 Å². The number of rotatable bonds is 4. The molecule has 25 heavy (non-hydrogen) atoms. The van der Waals surface area contributed by atoms with Crippen LogP contribution in [0, 0.1) is 19.8 Å². The Morgan fingerprint density at radius 1 is 1.36 bits per heavy atom. The topological polar surface area (TPSA) is 76.5 Å². The molecule has 0 saturated carbocycles. The summed E-state index contributed by atoms with van der Waals surface area (Å²) in [7, 11) is 0. The highest BCUT2D eigenvalue weighted by Gasteiger charge is 2.26. The highest BCUT2D eigenvalue weighted by Crippen LogP contribution is 2.21.